The number of anilines is 1. The van der Waals surface area contributed by atoms with Crippen LogP contribution in [0.15, 0.2) is 47.0 Å². The third-order valence-corrected chi connectivity index (χ3v) is 3.73. The number of carbonyl (C=O) groups excluding carboxylic acids is 1. The Morgan fingerprint density at radius 3 is 2.60 bits per heavy atom. The molecule has 0 spiro atoms. The van der Waals surface area contributed by atoms with Gasteiger partial charge in [-0.05, 0) is 55.0 Å². The molecule has 1 heterocycles. The molecule has 0 radical (unpaired) electrons. The molecule has 0 aliphatic rings. The topological polar surface area (TPSA) is 77.2 Å². The zero-order chi connectivity index (χ0) is 17.8. The number of ether oxygens (including phenoxy) is 1. The summed E-state index contributed by atoms with van der Waals surface area (Å²) in [6, 6.07) is 12.1. The van der Waals surface area contributed by atoms with Crippen LogP contribution in [0.2, 0.25) is 5.02 Å². The lowest BCUT2D eigenvalue weighted by atomic mass is 10.1. The molecule has 3 rings (SSSR count). The first-order valence-electron chi connectivity index (χ1n) is 7.61. The number of hydrogen-bond acceptors (Lipinski definition) is 5. The first kappa shape index (κ1) is 17.0. The Morgan fingerprint density at radius 2 is 1.96 bits per heavy atom. The SMILES string of the molecule is Cc1nc(COc2ccc(C(=O)Nc3ccc(Cl)cc3C)cc2)no1. The second-order valence-electron chi connectivity index (χ2n) is 5.46. The smallest absolute Gasteiger partial charge is 0.255 e. The minimum absolute atomic E-state index is 0.201. The van der Waals surface area contributed by atoms with Crippen molar-refractivity contribution in [2.75, 3.05) is 5.32 Å². The Balaban J connectivity index is 1.62. The summed E-state index contributed by atoms with van der Waals surface area (Å²) >= 11 is 5.92. The number of nitrogens with zero attached hydrogens (tertiary/aromatic N) is 2. The van der Waals surface area contributed by atoms with Gasteiger partial charge in [-0.25, -0.2) is 0 Å². The van der Waals surface area contributed by atoms with E-state index in [0.29, 0.717) is 28.1 Å². The summed E-state index contributed by atoms with van der Waals surface area (Å²) in [6.07, 6.45) is 0. The van der Waals surface area contributed by atoms with E-state index in [2.05, 4.69) is 15.5 Å². The lowest BCUT2D eigenvalue weighted by molar-refractivity contribution is 0.102. The van der Waals surface area contributed by atoms with Gasteiger partial charge in [0.05, 0.1) is 0 Å². The molecule has 0 atom stereocenters. The highest BCUT2D eigenvalue weighted by Crippen LogP contribution is 2.21. The number of carbonyl (C=O) groups is 1. The van der Waals surface area contributed by atoms with E-state index in [1.165, 1.54) is 0 Å². The second-order valence-corrected chi connectivity index (χ2v) is 5.89. The van der Waals surface area contributed by atoms with Crippen LogP contribution in [0, 0.1) is 13.8 Å². The highest BCUT2D eigenvalue weighted by molar-refractivity contribution is 6.30. The van der Waals surface area contributed by atoms with Crippen LogP contribution < -0.4 is 10.1 Å². The fourth-order valence-corrected chi connectivity index (χ4v) is 2.44. The summed E-state index contributed by atoms with van der Waals surface area (Å²) < 4.78 is 10.4. The largest absolute Gasteiger partial charge is 0.485 e. The summed E-state index contributed by atoms with van der Waals surface area (Å²) in [5.41, 5.74) is 2.15. The Hall–Kier alpha value is -2.86. The predicted molar refractivity (Wildman–Crippen MR) is 94.0 cm³/mol. The van der Waals surface area contributed by atoms with Crippen LogP contribution in [0.1, 0.15) is 27.6 Å². The molecular formula is C18H16ClN3O3. The third-order valence-electron chi connectivity index (χ3n) is 3.49. The lowest BCUT2D eigenvalue weighted by Crippen LogP contribution is -2.12. The van der Waals surface area contributed by atoms with Crippen LogP contribution in [0.25, 0.3) is 0 Å². The first-order chi connectivity index (χ1) is 12.0. The maximum absolute atomic E-state index is 12.3. The molecule has 1 aromatic heterocycles. The third kappa shape index (κ3) is 4.36. The van der Waals surface area contributed by atoms with E-state index in [0.717, 1.165) is 11.3 Å². The van der Waals surface area contributed by atoms with Gasteiger partial charge in [-0.3, -0.25) is 4.79 Å². The fraction of sp³-hybridized carbons (Fsp3) is 0.167. The van der Waals surface area contributed by atoms with E-state index >= 15 is 0 Å². The van der Waals surface area contributed by atoms with Crippen molar-refractivity contribution in [1.82, 2.24) is 10.1 Å². The van der Waals surface area contributed by atoms with Crippen LogP contribution in [0.4, 0.5) is 5.69 Å². The number of aryl methyl sites for hydroxylation is 2. The molecule has 7 heteroatoms. The fourth-order valence-electron chi connectivity index (χ4n) is 2.21. The van der Waals surface area contributed by atoms with Crippen molar-refractivity contribution in [2.24, 2.45) is 0 Å². The molecule has 0 aliphatic heterocycles. The zero-order valence-electron chi connectivity index (χ0n) is 13.7. The molecular weight excluding hydrogens is 342 g/mol. The number of rotatable bonds is 5. The monoisotopic (exact) mass is 357 g/mol. The molecule has 3 aromatic rings. The van der Waals surface area contributed by atoms with E-state index in [1.54, 1.807) is 49.4 Å². The Kier molecular flexibility index (Phi) is 5.00. The average Bonchev–Trinajstić information content (AvgIpc) is 3.01. The summed E-state index contributed by atoms with van der Waals surface area (Å²) in [4.78, 5) is 16.4. The number of hydrogen-bond donors (Lipinski definition) is 1. The number of amides is 1. The van der Waals surface area contributed by atoms with Gasteiger partial charge in [-0.1, -0.05) is 16.8 Å². The van der Waals surface area contributed by atoms with Gasteiger partial charge in [0, 0.05) is 23.2 Å². The van der Waals surface area contributed by atoms with E-state index < -0.39 is 0 Å². The van der Waals surface area contributed by atoms with Gasteiger partial charge in [0.15, 0.2) is 6.61 Å². The molecule has 6 nitrogen and oxygen atoms in total. The molecule has 0 saturated heterocycles. The van der Waals surface area contributed by atoms with Crippen molar-refractivity contribution in [3.63, 3.8) is 0 Å². The van der Waals surface area contributed by atoms with Gasteiger partial charge in [0.2, 0.25) is 11.7 Å². The first-order valence-corrected chi connectivity index (χ1v) is 7.98. The highest BCUT2D eigenvalue weighted by atomic mass is 35.5. The number of halogens is 1. The summed E-state index contributed by atoms with van der Waals surface area (Å²) in [6.45, 7) is 3.80. The Labute approximate surface area is 149 Å². The predicted octanol–water partition coefficient (Wildman–Crippen LogP) is 4.17. The quantitative estimate of drug-likeness (QED) is 0.741. The minimum Gasteiger partial charge on any atom is -0.485 e. The average molecular weight is 358 g/mol. The van der Waals surface area contributed by atoms with Gasteiger partial charge < -0.3 is 14.6 Å². The molecule has 128 valence electrons. The molecule has 0 aliphatic carbocycles. The minimum atomic E-state index is -0.203. The number of aromatic nitrogens is 2. The Morgan fingerprint density at radius 1 is 1.20 bits per heavy atom. The summed E-state index contributed by atoms with van der Waals surface area (Å²) in [5.74, 6) is 1.37. The second kappa shape index (κ2) is 7.36. The Bertz CT molecular complexity index is 891. The van der Waals surface area contributed by atoms with Gasteiger partial charge in [0.25, 0.3) is 5.91 Å². The van der Waals surface area contributed by atoms with E-state index in [9.17, 15) is 4.79 Å². The zero-order valence-corrected chi connectivity index (χ0v) is 14.5. The van der Waals surface area contributed by atoms with E-state index in [1.807, 2.05) is 6.92 Å². The summed E-state index contributed by atoms with van der Waals surface area (Å²) in [5, 5.41) is 7.25. The maximum atomic E-state index is 12.3. The van der Waals surface area contributed by atoms with Crippen molar-refractivity contribution in [3.8, 4) is 5.75 Å². The van der Waals surface area contributed by atoms with E-state index in [-0.39, 0.29) is 12.5 Å². The van der Waals surface area contributed by atoms with Gasteiger partial charge in [0.1, 0.15) is 5.75 Å². The van der Waals surface area contributed by atoms with Crippen LogP contribution in [-0.2, 0) is 6.61 Å². The molecule has 0 unspecified atom stereocenters. The van der Waals surface area contributed by atoms with Crippen molar-refractivity contribution in [2.45, 2.75) is 20.5 Å². The summed E-state index contributed by atoms with van der Waals surface area (Å²) in [7, 11) is 0. The van der Waals surface area contributed by atoms with Gasteiger partial charge in [-0.15, -0.1) is 0 Å². The molecule has 0 saturated carbocycles. The van der Waals surface area contributed by atoms with Crippen molar-refractivity contribution < 1.29 is 14.1 Å². The van der Waals surface area contributed by atoms with Gasteiger partial charge in [-0.2, -0.15) is 4.98 Å². The standard InChI is InChI=1S/C18H16ClN3O3/c1-11-9-14(19)5-8-16(11)21-18(23)13-3-6-15(7-4-13)24-10-17-20-12(2)25-22-17/h3-9H,10H2,1-2H3,(H,21,23). The van der Waals surface area contributed by atoms with E-state index in [4.69, 9.17) is 20.9 Å². The highest BCUT2D eigenvalue weighted by Gasteiger charge is 2.09. The maximum Gasteiger partial charge on any atom is 0.255 e. The molecule has 1 amide bonds. The van der Waals surface area contributed by atoms with Crippen molar-refractivity contribution in [1.29, 1.82) is 0 Å². The van der Waals surface area contributed by atoms with Crippen molar-refractivity contribution >= 4 is 23.2 Å². The van der Waals surface area contributed by atoms with Crippen LogP contribution >= 0.6 is 11.6 Å². The lowest BCUT2D eigenvalue weighted by Gasteiger charge is -2.09. The number of nitrogens with one attached hydrogen (secondary N) is 1. The molecule has 1 N–H and O–H groups in total. The van der Waals surface area contributed by atoms with Crippen LogP contribution in [-0.4, -0.2) is 16.0 Å². The molecule has 0 bridgehead atoms. The molecule has 2 aromatic carbocycles. The molecule has 0 fully saturated rings. The van der Waals surface area contributed by atoms with Gasteiger partial charge >= 0.3 is 0 Å². The molecule has 25 heavy (non-hydrogen) atoms. The normalized spacial score (nSPS) is 10.5. The van der Waals surface area contributed by atoms with Crippen molar-refractivity contribution in [3.05, 3.63) is 70.3 Å². The number of benzene rings is 2. The van der Waals surface area contributed by atoms with Crippen LogP contribution in [0.3, 0.4) is 0 Å². The van der Waals surface area contributed by atoms with Crippen LogP contribution in [0.5, 0.6) is 5.75 Å².